The third kappa shape index (κ3) is 6.29. The van der Waals surface area contributed by atoms with Gasteiger partial charge in [0.15, 0.2) is 6.10 Å². The second kappa shape index (κ2) is 10.6. The van der Waals surface area contributed by atoms with Crippen LogP contribution < -0.4 is 15.5 Å². The molecule has 0 spiro atoms. The summed E-state index contributed by atoms with van der Waals surface area (Å²) in [6.45, 7) is 6.06. The van der Waals surface area contributed by atoms with E-state index in [-0.39, 0.29) is 5.91 Å². The molecule has 164 valence electrons. The number of carbonyl (C=O) groups excluding carboxylic acids is 3. The quantitative estimate of drug-likeness (QED) is 0.661. The average Bonchev–Trinajstić information content (AvgIpc) is 2.80. The fourth-order valence-corrected chi connectivity index (χ4v) is 3.08. The first kappa shape index (κ1) is 22.3. The third-order valence-electron chi connectivity index (χ3n) is 4.91. The van der Waals surface area contributed by atoms with E-state index in [0.29, 0.717) is 24.5 Å². The molecule has 31 heavy (non-hydrogen) atoms. The van der Waals surface area contributed by atoms with Gasteiger partial charge >= 0.3 is 5.97 Å². The van der Waals surface area contributed by atoms with E-state index in [1.807, 2.05) is 12.1 Å². The third-order valence-corrected chi connectivity index (χ3v) is 4.91. The lowest BCUT2D eigenvalue weighted by Crippen LogP contribution is -2.42. The molecule has 3 rings (SSSR count). The maximum Gasteiger partial charge on any atom is 0.329 e. The largest absolute Gasteiger partial charge is 0.451 e. The van der Waals surface area contributed by atoms with Crippen LogP contribution in [0.25, 0.3) is 0 Å². The van der Waals surface area contributed by atoms with E-state index in [1.54, 1.807) is 42.5 Å². The summed E-state index contributed by atoms with van der Waals surface area (Å²) in [6, 6.07) is 15.1. The summed E-state index contributed by atoms with van der Waals surface area (Å²) in [5.41, 5.74) is 2.10. The molecule has 0 unspecified atom stereocenters. The van der Waals surface area contributed by atoms with Crippen LogP contribution in [0.1, 0.15) is 24.2 Å². The van der Waals surface area contributed by atoms with E-state index in [2.05, 4.69) is 15.5 Å². The number of esters is 1. The lowest BCUT2D eigenvalue weighted by molar-refractivity contribution is -0.154. The molecule has 8 heteroatoms. The number of hydrogen-bond donors (Lipinski definition) is 2. The Labute approximate surface area is 181 Å². The summed E-state index contributed by atoms with van der Waals surface area (Å²) in [5.74, 6) is -1.52. The Kier molecular flexibility index (Phi) is 7.61. The maximum absolute atomic E-state index is 12.4. The van der Waals surface area contributed by atoms with Crippen molar-refractivity contribution in [2.75, 3.05) is 36.5 Å². The van der Waals surface area contributed by atoms with Crippen LogP contribution in [0.2, 0.25) is 0 Å². The van der Waals surface area contributed by atoms with Crippen molar-refractivity contribution >= 4 is 29.2 Å². The highest BCUT2D eigenvalue weighted by atomic mass is 16.5. The fourth-order valence-electron chi connectivity index (χ4n) is 3.08. The Bertz CT molecular complexity index is 895. The lowest BCUT2D eigenvalue weighted by atomic mass is 10.2. The number of anilines is 2. The summed E-state index contributed by atoms with van der Waals surface area (Å²) in [6.07, 6.45) is -1.01. The highest BCUT2D eigenvalue weighted by Gasteiger charge is 2.23. The number of hydrogen-bond acceptors (Lipinski definition) is 6. The summed E-state index contributed by atoms with van der Waals surface area (Å²) >= 11 is 0. The SMILES string of the molecule is C[C@H](NC(=O)c1ccccc1)C(=O)O[C@@H](C)C(=O)Nc1ccc(N2CCOCC2)cc1. The number of ether oxygens (including phenoxy) is 2. The van der Waals surface area contributed by atoms with Crippen LogP contribution in [0.3, 0.4) is 0 Å². The molecule has 8 nitrogen and oxygen atoms in total. The van der Waals surface area contributed by atoms with E-state index >= 15 is 0 Å². The molecule has 2 aromatic rings. The molecule has 0 aliphatic carbocycles. The predicted molar refractivity (Wildman–Crippen MR) is 117 cm³/mol. The smallest absolute Gasteiger partial charge is 0.329 e. The van der Waals surface area contributed by atoms with E-state index in [9.17, 15) is 14.4 Å². The molecule has 0 radical (unpaired) electrons. The number of nitrogens with zero attached hydrogens (tertiary/aromatic N) is 1. The molecule has 0 aromatic heterocycles. The van der Waals surface area contributed by atoms with Crippen LogP contribution in [0.5, 0.6) is 0 Å². The van der Waals surface area contributed by atoms with Crippen LogP contribution in [-0.4, -0.2) is 56.2 Å². The molecule has 1 heterocycles. The number of benzene rings is 2. The van der Waals surface area contributed by atoms with Crippen molar-refractivity contribution < 1.29 is 23.9 Å². The van der Waals surface area contributed by atoms with Gasteiger partial charge in [-0.15, -0.1) is 0 Å². The number of carbonyl (C=O) groups is 3. The van der Waals surface area contributed by atoms with Gasteiger partial charge in [-0.2, -0.15) is 0 Å². The van der Waals surface area contributed by atoms with Crippen molar-refractivity contribution in [3.05, 3.63) is 60.2 Å². The van der Waals surface area contributed by atoms with Crippen molar-refractivity contribution in [1.82, 2.24) is 5.32 Å². The summed E-state index contributed by atoms with van der Waals surface area (Å²) in [7, 11) is 0. The standard InChI is InChI=1S/C23H27N3O5/c1-16(24-22(28)18-6-4-3-5-7-18)23(29)31-17(2)21(27)25-19-8-10-20(11-9-19)26-12-14-30-15-13-26/h3-11,16-17H,12-15H2,1-2H3,(H,24,28)(H,25,27)/t16-,17-/m0/s1. The zero-order valence-corrected chi connectivity index (χ0v) is 17.7. The highest BCUT2D eigenvalue weighted by molar-refractivity contribution is 5.98. The Hall–Kier alpha value is -3.39. The molecule has 1 fully saturated rings. The van der Waals surface area contributed by atoms with Gasteiger partial charge in [0.05, 0.1) is 13.2 Å². The van der Waals surface area contributed by atoms with Gasteiger partial charge in [0, 0.05) is 30.0 Å². The zero-order chi connectivity index (χ0) is 22.2. The minimum absolute atomic E-state index is 0.387. The second-order valence-electron chi connectivity index (χ2n) is 7.28. The molecule has 2 aromatic carbocycles. The van der Waals surface area contributed by atoms with Gasteiger partial charge in [0.2, 0.25) is 0 Å². The maximum atomic E-state index is 12.4. The van der Waals surface area contributed by atoms with E-state index in [0.717, 1.165) is 18.8 Å². The van der Waals surface area contributed by atoms with Crippen LogP contribution in [0.4, 0.5) is 11.4 Å². The Morgan fingerprint density at radius 3 is 2.26 bits per heavy atom. The molecule has 2 atom stereocenters. The zero-order valence-electron chi connectivity index (χ0n) is 17.7. The van der Waals surface area contributed by atoms with E-state index in [4.69, 9.17) is 9.47 Å². The summed E-state index contributed by atoms with van der Waals surface area (Å²) < 4.78 is 10.6. The fraction of sp³-hybridized carbons (Fsp3) is 0.348. The van der Waals surface area contributed by atoms with Crippen molar-refractivity contribution in [2.24, 2.45) is 0 Å². The minimum atomic E-state index is -1.01. The Balaban J connectivity index is 1.48. The van der Waals surface area contributed by atoms with Gasteiger partial charge in [-0.1, -0.05) is 18.2 Å². The number of rotatable bonds is 7. The first-order chi connectivity index (χ1) is 14.9. The molecule has 2 amide bonds. The first-order valence-corrected chi connectivity index (χ1v) is 10.2. The van der Waals surface area contributed by atoms with E-state index < -0.39 is 24.0 Å². The van der Waals surface area contributed by atoms with Crippen molar-refractivity contribution in [2.45, 2.75) is 26.0 Å². The number of nitrogens with one attached hydrogen (secondary N) is 2. The van der Waals surface area contributed by atoms with Crippen LogP contribution >= 0.6 is 0 Å². The number of amides is 2. The van der Waals surface area contributed by atoms with Crippen molar-refractivity contribution in [3.8, 4) is 0 Å². The van der Waals surface area contributed by atoms with Gasteiger partial charge in [-0.05, 0) is 50.2 Å². The monoisotopic (exact) mass is 425 g/mol. The van der Waals surface area contributed by atoms with Gasteiger partial charge in [-0.25, -0.2) is 4.79 Å². The van der Waals surface area contributed by atoms with Crippen molar-refractivity contribution in [1.29, 1.82) is 0 Å². The van der Waals surface area contributed by atoms with Crippen molar-refractivity contribution in [3.63, 3.8) is 0 Å². The highest BCUT2D eigenvalue weighted by Crippen LogP contribution is 2.19. The average molecular weight is 425 g/mol. The van der Waals surface area contributed by atoms with Gasteiger partial charge in [-0.3, -0.25) is 9.59 Å². The van der Waals surface area contributed by atoms with Crippen LogP contribution in [-0.2, 0) is 19.1 Å². The van der Waals surface area contributed by atoms with Gasteiger partial charge in [0.25, 0.3) is 11.8 Å². The molecule has 0 saturated carbocycles. The molecule has 1 aliphatic heterocycles. The topological polar surface area (TPSA) is 97.0 Å². The molecule has 0 bridgehead atoms. The summed E-state index contributed by atoms with van der Waals surface area (Å²) in [4.78, 5) is 39.0. The predicted octanol–water partition coefficient (Wildman–Crippen LogP) is 2.21. The lowest BCUT2D eigenvalue weighted by Gasteiger charge is -2.29. The molecule has 1 aliphatic rings. The number of morpholine rings is 1. The molecular formula is C23H27N3O5. The molecule has 1 saturated heterocycles. The minimum Gasteiger partial charge on any atom is -0.451 e. The molecule has 2 N–H and O–H groups in total. The first-order valence-electron chi connectivity index (χ1n) is 10.2. The second-order valence-corrected chi connectivity index (χ2v) is 7.28. The normalized spacial score (nSPS) is 15.5. The van der Waals surface area contributed by atoms with Gasteiger partial charge < -0.3 is 25.0 Å². The van der Waals surface area contributed by atoms with Crippen LogP contribution in [0, 0.1) is 0 Å². The summed E-state index contributed by atoms with van der Waals surface area (Å²) in [5, 5.41) is 5.30. The molecular weight excluding hydrogens is 398 g/mol. The Morgan fingerprint density at radius 2 is 1.61 bits per heavy atom. The van der Waals surface area contributed by atoms with E-state index in [1.165, 1.54) is 13.8 Å². The van der Waals surface area contributed by atoms with Gasteiger partial charge in [0.1, 0.15) is 6.04 Å². The van der Waals surface area contributed by atoms with Crippen LogP contribution in [0.15, 0.2) is 54.6 Å². The Morgan fingerprint density at radius 1 is 0.968 bits per heavy atom.